The van der Waals surface area contributed by atoms with Gasteiger partial charge < -0.3 is 16.2 Å². The van der Waals surface area contributed by atoms with E-state index in [4.69, 9.17) is 5.73 Å². The van der Waals surface area contributed by atoms with E-state index in [0.717, 1.165) is 5.56 Å². The molecule has 1 atom stereocenters. The maximum absolute atomic E-state index is 13.5. The molecule has 0 fully saturated rings. The van der Waals surface area contributed by atoms with Crippen molar-refractivity contribution in [3.05, 3.63) is 58.7 Å². The summed E-state index contributed by atoms with van der Waals surface area (Å²) in [6.45, 7) is 3.80. The Morgan fingerprint density at radius 2 is 1.81 bits per heavy atom. The van der Waals surface area contributed by atoms with Gasteiger partial charge in [-0.05, 0) is 48.6 Å². The van der Waals surface area contributed by atoms with Gasteiger partial charge in [-0.1, -0.05) is 25.1 Å². The number of rotatable bonds is 6. The van der Waals surface area contributed by atoms with Crippen molar-refractivity contribution in [3.63, 3.8) is 0 Å². The number of nitrogens with two attached hydrogens (primary N) is 1. The number of hydrogen-bond acceptors (Lipinski definition) is 3. The number of primary amides is 1. The molecule has 0 radical (unpaired) electrons. The Balaban J connectivity index is 2.37. The minimum absolute atomic E-state index is 0.0237. The van der Waals surface area contributed by atoms with Gasteiger partial charge >= 0.3 is 6.18 Å². The van der Waals surface area contributed by atoms with Crippen molar-refractivity contribution in [2.45, 2.75) is 32.4 Å². The third kappa shape index (κ3) is 4.28. The van der Waals surface area contributed by atoms with Crippen LogP contribution in [0.15, 0.2) is 36.4 Å². The molecule has 0 aromatic heterocycles. The van der Waals surface area contributed by atoms with Gasteiger partial charge in [0.2, 0.25) is 5.91 Å². The fourth-order valence-electron chi connectivity index (χ4n) is 2.92. The summed E-state index contributed by atoms with van der Waals surface area (Å²) in [4.78, 5) is 11.1. The van der Waals surface area contributed by atoms with E-state index < -0.39 is 29.3 Å². The zero-order chi connectivity index (χ0) is 19.5. The maximum atomic E-state index is 13.5. The first-order valence-electron chi connectivity index (χ1n) is 8.20. The van der Waals surface area contributed by atoms with Crippen LogP contribution in [-0.4, -0.2) is 17.6 Å². The van der Waals surface area contributed by atoms with Gasteiger partial charge in [-0.2, -0.15) is 13.2 Å². The first-order chi connectivity index (χ1) is 12.1. The number of phenols is 1. The Morgan fingerprint density at radius 3 is 2.31 bits per heavy atom. The van der Waals surface area contributed by atoms with Crippen molar-refractivity contribution in [1.82, 2.24) is 0 Å². The molecule has 2 aromatic carbocycles. The van der Waals surface area contributed by atoms with Crippen LogP contribution in [0.2, 0.25) is 0 Å². The average Bonchev–Trinajstić information content (AvgIpc) is 2.55. The molecule has 0 bridgehead atoms. The van der Waals surface area contributed by atoms with Crippen LogP contribution >= 0.6 is 0 Å². The van der Waals surface area contributed by atoms with E-state index in [1.165, 1.54) is 12.1 Å². The molecule has 2 rings (SSSR count). The van der Waals surface area contributed by atoms with Gasteiger partial charge in [0.15, 0.2) is 5.75 Å². The molecule has 4 N–H and O–H groups in total. The van der Waals surface area contributed by atoms with E-state index in [0.29, 0.717) is 18.5 Å². The van der Waals surface area contributed by atoms with Crippen molar-refractivity contribution in [1.29, 1.82) is 0 Å². The molecular weight excluding hydrogens is 345 g/mol. The van der Waals surface area contributed by atoms with Gasteiger partial charge in [0.1, 0.15) is 5.56 Å². The summed E-state index contributed by atoms with van der Waals surface area (Å²) < 4.78 is 40.6. The van der Waals surface area contributed by atoms with Crippen LogP contribution in [0.1, 0.15) is 46.8 Å². The molecule has 0 aliphatic heterocycles. The van der Waals surface area contributed by atoms with Gasteiger partial charge in [0, 0.05) is 12.1 Å². The number of carbonyl (C=O) groups is 1. The molecule has 0 saturated carbocycles. The fraction of sp³-hybridized carbons (Fsp3) is 0.316. The van der Waals surface area contributed by atoms with Gasteiger partial charge in [-0.3, -0.25) is 4.79 Å². The molecule has 2 aromatic rings. The number of alkyl halides is 3. The lowest BCUT2D eigenvalue weighted by atomic mass is 9.89. The van der Waals surface area contributed by atoms with Crippen molar-refractivity contribution >= 4 is 11.6 Å². The minimum atomic E-state index is -4.67. The van der Waals surface area contributed by atoms with Crippen LogP contribution in [0.5, 0.6) is 5.75 Å². The number of phenolic OH excluding ortho intramolecular Hbond substituents is 1. The molecule has 1 amide bonds. The Labute approximate surface area is 149 Å². The summed E-state index contributed by atoms with van der Waals surface area (Å²) in [6.07, 6.45) is -4.35. The number of carbonyl (C=O) groups excluding carboxylic acids is 1. The monoisotopic (exact) mass is 366 g/mol. The normalized spacial score (nSPS) is 12.7. The van der Waals surface area contributed by atoms with Crippen molar-refractivity contribution in [2.24, 2.45) is 5.73 Å². The second-order valence-electron chi connectivity index (χ2n) is 6.12. The summed E-state index contributed by atoms with van der Waals surface area (Å²) >= 11 is 0. The number of hydrogen-bond donors (Lipinski definition) is 3. The van der Waals surface area contributed by atoms with Crippen LogP contribution in [0, 0.1) is 0 Å². The lowest BCUT2D eigenvalue weighted by Gasteiger charge is -2.21. The zero-order valence-electron chi connectivity index (χ0n) is 14.5. The quantitative estimate of drug-likeness (QED) is 0.668. The molecule has 26 heavy (non-hydrogen) atoms. The predicted molar refractivity (Wildman–Crippen MR) is 94.4 cm³/mol. The van der Waals surface area contributed by atoms with Crippen LogP contribution in [0.3, 0.4) is 0 Å². The number of halogens is 3. The van der Waals surface area contributed by atoms with Crippen molar-refractivity contribution < 1.29 is 23.1 Å². The van der Waals surface area contributed by atoms with E-state index >= 15 is 0 Å². The molecule has 1 unspecified atom stereocenters. The van der Waals surface area contributed by atoms with Crippen LogP contribution < -0.4 is 11.1 Å². The number of aromatic hydroxyl groups is 1. The van der Waals surface area contributed by atoms with Crippen molar-refractivity contribution in [2.75, 3.05) is 11.9 Å². The summed E-state index contributed by atoms with van der Waals surface area (Å²) in [5.41, 5.74) is 5.35. The lowest BCUT2D eigenvalue weighted by Crippen LogP contribution is -2.14. The third-order valence-electron chi connectivity index (χ3n) is 4.17. The lowest BCUT2D eigenvalue weighted by molar-refractivity contribution is -0.139. The number of nitrogens with one attached hydrogen (secondary N) is 1. The summed E-state index contributed by atoms with van der Waals surface area (Å²) in [5, 5.41) is 12.8. The fourth-order valence-corrected chi connectivity index (χ4v) is 2.92. The SMILES string of the molecule is CCNc1ccc(C(C)Cc2ccc(C(N)=O)cc2)c(C(F)(F)F)c1O. The second-order valence-corrected chi connectivity index (χ2v) is 6.12. The smallest absolute Gasteiger partial charge is 0.420 e. The molecule has 7 heteroatoms. The third-order valence-corrected chi connectivity index (χ3v) is 4.17. The number of amides is 1. The standard InChI is InChI=1S/C19H21F3N2O2/c1-3-24-15-9-8-14(16(17(15)25)19(20,21)22)11(2)10-12-4-6-13(7-5-12)18(23)26/h4-9,11,24-25H,3,10H2,1-2H3,(H2,23,26). The van der Waals surface area contributed by atoms with Gasteiger partial charge in [0.25, 0.3) is 0 Å². The Bertz CT molecular complexity index is 787. The molecule has 0 aliphatic carbocycles. The molecule has 0 heterocycles. The second kappa shape index (κ2) is 7.68. The van der Waals surface area contributed by atoms with E-state index in [2.05, 4.69) is 5.32 Å². The first-order valence-corrected chi connectivity index (χ1v) is 8.20. The van der Waals surface area contributed by atoms with Crippen molar-refractivity contribution in [3.8, 4) is 5.75 Å². The zero-order valence-corrected chi connectivity index (χ0v) is 14.5. The average molecular weight is 366 g/mol. The molecular formula is C19H21F3N2O2. The highest BCUT2D eigenvalue weighted by atomic mass is 19.4. The summed E-state index contributed by atoms with van der Waals surface area (Å²) in [6, 6.07) is 9.26. The topological polar surface area (TPSA) is 75.3 Å². The highest BCUT2D eigenvalue weighted by Gasteiger charge is 2.38. The van der Waals surface area contributed by atoms with E-state index in [9.17, 15) is 23.1 Å². The largest absolute Gasteiger partial charge is 0.505 e. The summed E-state index contributed by atoms with van der Waals surface area (Å²) in [7, 11) is 0. The van der Waals surface area contributed by atoms with Gasteiger partial charge in [0.05, 0.1) is 5.69 Å². The Morgan fingerprint density at radius 1 is 1.19 bits per heavy atom. The van der Waals surface area contributed by atoms with Crippen LogP contribution in [-0.2, 0) is 12.6 Å². The van der Waals surface area contributed by atoms with E-state index in [1.807, 2.05) is 0 Å². The van der Waals surface area contributed by atoms with Crippen LogP contribution in [0.25, 0.3) is 0 Å². The Hall–Kier alpha value is -2.70. The predicted octanol–water partition coefficient (Wildman–Crippen LogP) is 4.29. The highest BCUT2D eigenvalue weighted by molar-refractivity contribution is 5.92. The van der Waals surface area contributed by atoms with E-state index in [-0.39, 0.29) is 11.3 Å². The van der Waals surface area contributed by atoms with Gasteiger partial charge in [-0.15, -0.1) is 0 Å². The van der Waals surface area contributed by atoms with E-state index in [1.54, 1.807) is 38.1 Å². The number of benzene rings is 2. The molecule has 0 saturated heterocycles. The van der Waals surface area contributed by atoms with Crippen LogP contribution in [0.4, 0.5) is 18.9 Å². The molecule has 0 spiro atoms. The number of anilines is 1. The molecule has 140 valence electrons. The Kier molecular flexibility index (Phi) is 5.79. The highest BCUT2D eigenvalue weighted by Crippen LogP contribution is 2.44. The maximum Gasteiger partial charge on any atom is 0.420 e. The summed E-state index contributed by atoms with van der Waals surface area (Å²) in [5.74, 6) is -1.84. The molecule has 4 nitrogen and oxygen atoms in total. The van der Waals surface area contributed by atoms with Gasteiger partial charge in [-0.25, -0.2) is 0 Å². The first kappa shape index (κ1) is 19.6. The minimum Gasteiger partial charge on any atom is -0.505 e. The molecule has 0 aliphatic rings.